The van der Waals surface area contributed by atoms with Crippen molar-refractivity contribution in [3.05, 3.63) is 17.6 Å². The highest BCUT2D eigenvalue weighted by molar-refractivity contribution is 5.79. The van der Waals surface area contributed by atoms with Crippen LogP contribution in [-0.4, -0.2) is 72.4 Å². The fourth-order valence-corrected chi connectivity index (χ4v) is 5.13. The molecular weight excluding hydrogens is 378 g/mol. The Morgan fingerprint density at radius 1 is 1.10 bits per heavy atom. The van der Waals surface area contributed by atoms with E-state index in [1.807, 2.05) is 32.1 Å². The molecule has 0 aromatic carbocycles. The van der Waals surface area contributed by atoms with Gasteiger partial charge in [-0.2, -0.15) is 0 Å². The van der Waals surface area contributed by atoms with E-state index in [1.165, 1.54) is 25.7 Å². The highest BCUT2D eigenvalue weighted by atomic mass is 16.2. The maximum Gasteiger partial charge on any atom is 0.223 e. The fourth-order valence-electron chi connectivity index (χ4n) is 5.13. The van der Waals surface area contributed by atoms with Crippen LogP contribution in [-0.2, 0) is 9.59 Å². The molecular formula is C23H35N5O2. The second kappa shape index (κ2) is 8.90. The Bertz CT molecular complexity index is 782. The van der Waals surface area contributed by atoms with Gasteiger partial charge in [-0.3, -0.25) is 9.59 Å². The molecule has 1 atom stereocenters. The quantitative estimate of drug-likeness (QED) is 0.742. The van der Waals surface area contributed by atoms with E-state index in [1.54, 1.807) is 4.90 Å². The summed E-state index contributed by atoms with van der Waals surface area (Å²) in [5, 5.41) is 0. The van der Waals surface area contributed by atoms with Crippen molar-refractivity contribution in [2.75, 3.05) is 45.7 Å². The van der Waals surface area contributed by atoms with E-state index in [2.05, 4.69) is 4.90 Å². The van der Waals surface area contributed by atoms with Crippen molar-refractivity contribution in [3.63, 3.8) is 0 Å². The average Bonchev–Trinajstić information content (AvgIpc) is 3.37. The predicted molar refractivity (Wildman–Crippen MR) is 116 cm³/mol. The highest BCUT2D eigenvalue weighted by Crippen LogP contribution is 2.33. The van der Waals surface area contributed by atoms with Gasteiger partial charge in [0, 0.05) is 71.5 Å². The Hall–Kier alpha value is -2.18. The van der Waals surface area contributed by atoms with Gasteiger partial charge in [0.25, 0.3) is 0 Å². The number of nitrogens with zero attached hydrogens (tertiary/aromatic N) is 5. The number of likely N-dealkylation sites (N-methyl/N-ethyl adjacent to an activating group) is 1. The van der Waals surface area contributed by atoms with E-state index in [-0.39, 0.29) is 17.7 Å². The molecule has 0 bridgehead atoms. The van der Waals surface area contributed by atoms with Gasteiger partial charge in [-0.25, -0.2) is 9.97 Å². The molecule has 7 nitrogen and oxygen atoms in total. The van der Waals surface area contributed by atoms with Gasteiger partial charge in [-0.1, -0.05) is 12.8 Å². The lowest BCUT2D eigenvalue weighted by Gasteiger charge is -2.32. The Labute approximate surface area is 179 Å². The molecule has 0 spiro atoms. The Kier molecular flexibility index (Phi) is 6.25. The third-order valence-electron chi connectivity index (χ3n) is 7.12. The van der Waals surface area contributed by atoms with Gasteiger partial charge in [0.2, 0.25) is 11.8 Å². The van der Waals surface area contributed by atoms with E-state index in [9.17, 15) is 9.59 Å². The Balaban J connectivity index is 1.43. The Morgan fingerprint density at radius 3 is 2.40 bits per heavy atom. The minimum atomic E-state index is 0.135. The molecule has 164 valence electrons. The molecule has 7 heteroatoms. The maximum absolute atomic E-state index is 12.7. The summed E-state index contributed by atoms with van der Waals surface area (Å²) in [5.41, 5.74) is 0.973. The molecule has 1 aliphatic carbocycles. The normalized spacial score (nSPS) is 23.4. The van der Waals surface area contributed by atoms with Crippen LogP contribution in [0.2, 0.25) is 0 Å². The number of hydrogen-bond donors (Lipinski definition) is 0. The van der Waals surface area contributed by atoms with Crippen LogP contribution in [0, 0.1) is 5.92 Å². The van der Waals surface area contributed by atoms with Crippen LogP contribution < -0.4 is 4.90 Å². The molecule has 1 aromatic heterocycles. The number of likely N-dealkylation sites (tertiary alicyclic amines) is 2. The molecule has 1 saturated carbocycles. The molecule has 0 unspecified atom stereocenters. The van der Waals surface area contributed by atoms with Crippen molar-refractivity contribution < 1.29 is 9.59 Å². The molecule has 30 heavy (non-hydrogen) atoms. The molecule has 3 fully saturated rings. The number of carbonyl (C=O) groups is 2. The number of carbonyl (C=O) groups excluding carboxylic acids is 2. The van der Waals surface area contributed by atoms with Crippen LogP contribution in [0.1, 0.15) is 74.7 Å². The smallest absolute Gasteiger partial charge is 0.223 e. The van der Waals surface area contributed by atoms with E-state index in [0.29, 0.717) is 18.2 Å². The standard InChI is InChI=1S/C23H35N5O2/c1-26(2)20-14-19(18-13-21(29)27(3)15-18)24-23(25-20)17-8-10-28(11-9-17)22(30)12-16-6-4-5-7-16/h14,16-18H,4-13,15H2,1-3H3/t18-/m0/s1. The van der Waals surface area contributed by atoms with Crippen molar-refractivity contribution >= 4 is 17.6 Å². The lowest BCUT2D eigenvalue weighted by molar-refractivity contribution is -0.133. The van der Waals surface area contributed by atoms with Gasteiger partial charge in [0.1, 0.15) is 11.6 Å². The number of anilines is 1. The summed E-state index contributed by atoms with van der Waals surface area (Å²) in [5.74, 6) is 3.30. The van der Waals surface area contributed by atoms with E-state index < -0.39 is 0 Å². The van der Waals surface area contributed by atoms with Gasteiger partial charge in [-0.05, 0) is 31.6 Å². The fraction of sp³-hybridized carbons (Fsp3) is 0.739. The zero-order valence-corrected chi connectivity index (χ0v) is 18.6. The van der Waals surface area contributed by atoms with Crippen LogP contribution >= 0.6 is 0 Å². The van der Waals surface area contributed by atoms with Crippen molar-refractivity contribution in [1.29, 1.82) is 0 Å². The molecule has 0 N–H and O–H groups in total. The molecule has 4 rings (SSSR count). The minimum Gasteiger partial charge on any atom is -0.363 e. The third kappa shape index (κ3) is 4.60. The Morgan fingerprint density at radius 2 is 1.80 bits per heavy atom. The van der Waals surface area contributed by atoms with Crippen molar-refractivity contribution in [3.8, 4) is 0 Å². The van der Waals surface area contributed by atoms with Crippen LogP contribution in [0.3, 0.4) is 0 Å². The minimum absolute atomic E-state index is 0.135. The topological polar surface area (TPSA) is 69.6 Å². The summed E-state index contributed by atoms with van der Waals surface area (Å²) >= 11 is 0. The number of piperidine rings is 1. The summed E-state index contributed by atoms with van der Waals surface area (Å²) in [6.07, 6.45) is 8.07. The zero-order chi connectivity index (χ0) is 21.3. The first-order valence-corrected chi connectivity index (χ1v) is 11.5. The first kappa shape index (κ1) is 21.1. The van der Waals surface area contributed by atoms with Crippen LogP contribution in [0.15, 0.2) is 6.07 Å². The molecule has 1 aromatic rings. The van der Waals surface area contributed by atoms with Crippen LogP contribution in [0.5, 0.6) is 0 Å². The van der Waals surface area contributed by atoms with Gasteiger partial charge in [-0.15, -0.1) is 0 Å². The number of amides is 2. The van der Waals surface area contributed by atoms with Crippen LogP contribution in [0.4, 0.5) is 5.82 Å². The summed E-state index contributed by atoms with van der Waals surface area (Å²) < 4.78 is 0. The van der Waals surface area contributed by atoms with E-state index >= 15 is 0 Å². The lowest BCUT2D eigenvalue weighted by Crippen LogP contribution is -2.39. The molecule has 0 radical (unpaired) electrons. The summed E-state index contributed by atoms with van der Waals surface area (Å²) in [4.78, 5) is 40.3. The van der Waals surface area contributed by atoms with E-state index in [0.717, 1.165) is 56.2 Å². The highest BCUT2D eigenvalue weighted by Gasteiger charge is 2.32. The zero-order valence-electron chi connectivity index (χ0n) is 18.6. The molecule has 3 heterocycles. The predicted octanol–water partition coefficient (Wildman–Crippen LogP) is 2.77. The van der Waals surface area contributed by atoms with Gasteiger partial charge in [0.05, 0.1) is 5.69 Å². The molecule has 2 aliphatic heterocycles. The van der Waals surface area contributed by atoms with Crippen LogP contribution in [0.25, 0.3) is 0 Å². The number of rotatable bonds is 5. The average molecular weight is 414 g/mol. The maximum atomic E-state index is 12.7. The van der Waals surface area contributed by atoms with E-state index in [4.69, 9.17) is 9.97 Å². The molecule has 2 saturated heterocycles. The molecule has 2 amide bonds. The van der Waals surface area contributed by atoms with Gasteiger partial charge < -0.3 is 14.7 Å². The second-order valence-corrected chi connectivity index (χ2v) is 9.59. The third-order valence-corrected chi connectivity index (χ3v) is 7.12. The lowest BCUT2D eigenvalue weighted by atomic mass is 9.94. The first-order valence-electron chi connectivity index (χ1n) is 11.5. The SMILES string of the molecule is CN1C[C@@H](c2cc(N(C)C)nc(C3CCN(C(=O)CC4CCCC4)CC3)n2)CC1=O. The van der Waals surface area contributed by atoms with Gasteiger partial charge >= 0.3 is 0 Å². The first-order chi connectivity index (χ1) is 14.4. The van der Waals surface area contributed by atoms with Crippen molar-refractivity contribution in [2.45, 2.75) is 63.2 Å². The number of hydrogen-bond acceptors (Lipinski definition) is 5. The van der Waals surface area contributed by atoms with Crippen molar-refractivity contribution in [1.82, 2.24) is 19.8 Å². The second-order valence-electron chi connectivity index (χ2n) is 9.59. The summed E-state index contributed by atoms with van der Waals surface area (Å²) in [6.45, 7) is 2.31. The number of aromatic nitrogens is 2. The summed E-state index contributed by atoms with van der Waals surface area (Å²) in [7, 11) is 5.84. The monoisotopic (exact) mass is 413 g/mol. The molecule has 3 aliphatic rings. The summed E-state index contributed by atoms with van der Waals surface area (Å²) in [6, 6.07) is 2.03. The largest absolute Gasteiger partial charge is 0.363 e. The van der Waals surface area contributed by atoms with Gasteiger partial charge in [0.15, 0.2) is 0 Å². The van der Waals surface area contributed by atoms with Crippen molar-refractivity contribution in [2.24, 2.45) is 5.92 Å².